The van der Waals surface area contributed by atoms with Crippen LogP contribution in [0.5, 0.6) is 5.75 Å². The molecule has 0 saturated carbocycles. The van der Waals surface area contributed by atoms with Crippen LogP contribution in [0.1, 0.15) is 41.4 Å². The van der Waals surface area contributed by atoms with Crippen molar-refractivity contribution in [1.82, 2.24) is 9.97 Å². The Morgan fingerprint density at radius 3 is 2.55 bits per heavy atom. The molecule has 0 saturated heterocycles. The molecule has 6 nitrogen and oxygen atoms in total. The number of hydrogen-bond donors (Lipinski definition) is 2. The van der Waals surface area contributed by atoms with E-state index in [0.717, 1.165) is 23.4 Å². The molecule has 2 aromatic carbocycles. The largest absolute Gasteiger partial charge is 0.496 e. The van der Waals surface area contributed by atoms with Gasteiger partial charge in [-0.3, -0.25) is 4.79 Å². The molecule has 0 aliphatic rings. The minimum atomic E-state index is -0.266. The first-order valence-electron chi connectivity index (χ1n) is 9.67. The number of amides is 1. The molecule has 0 atom stereocenters. The average molecular weight is 390 g/mol. The van der Waals surface area contributed by atoms with Crippen LogP contribution in [0, 0.1) is 0 Å². The topological polar surface area (TPSA) is 76.1 Å². The molecule has 1 amide bonds. The van der Waals surface area contributed by atoms with E-state index < -0.39 is 0 Å². The second kappa shape index (κ2) is 9.68. The van der Waals surface area contributed by atoms with Crippen LogP contribution in [-0.4, -0.2) is 29.5 Å². The average Bonchev–Trinajstić information content (AvgIpc) is 2.74. The Balaban J connectivity index is 1.59. The van der Waals surface area contributed by atoms with Crippen LogP contribution in [0.4, 0.5) is 11.6 Å². The molecule has 6 heteroatoms. The summed E-state index contributed by atoms with van der Waals surface area (Å²) >= 11 is 0. The molecule has 3 rings (SSSR count). The van der Waals surface area contributed by atoms with Crippen molar-refractivity contribution in [1.29, 1.82) is 0 Å². The van der Waals surface area contributed by atoms with Gasteiger partial charge in [0.2, 0.25) is 5.95 Å². The van der Waals surface area contributed by atoms with Gasteiger partial charge in [-0.05, 0) is 47.7 Å². The SMILES string of the molecule is COc1ccccc1CCNc1nccc(C(=O)Nc2ccc(C(C)C)cc2)n1. The summed E-state index contributed by atoms with van der Waals surface area (Å²) in [6.45, 7) is 4.90. The number of carbonyl (C=O) groups excluding carboxylic acids is 1. The third-order valence-electron chi connectivity index (χ3n) is 4.59. The van der Waals surface area contributed by atoms with Gasteiger partial charge in [-0.2, -0.15) is 0 Å². The van der Waals surface area contributed by atoms with Crippen LogP contribution in [0.25, 0.3) is 0 Å². The Morgan fingerprint density at radius 1 is 1.07 bits per heavy atom. The zero-order valence-corrected chi connectivity index (χ0v) is 17.0. The van der Waals surface area contributed by atoms with Gasteiger partial charge >= 0.3 is 0 Å². The molecule has 1 heterocycles. The van der Waals surface area contributed by atoms with Crippen molar-refractivity contribution in [3.05, 3.63) is 77.6 Å². The van der Waals surface area contributed by atoms with E-state index >= 15 is 0 Å². The predicted molar refractivity (Wildman–Crippen MR) is 116 cm³/mol. The Morgan fingerprint density at radius 2 is 1.83 bits per heavy atom. The molecule has 0 aliphatic carbocycles. The van der Waals surface area contributed by atoms with Gasteiger partial charge in [0.1, 0.15) is 11.4 Å². The van der Waals surface area contributed by atoms with E-state index in [2.05, 4.69) is 34.4 Å². The summed E-state index contributed by atoms with van der Waals surface area (Å²) in [4.78, 5) is 21.0. The van der Waals surface area contributed by atoms with Crippen molar-refractivity contribution in [2.75, 3.05) is 24.3 Å². The predicted octanol–water partition coefficient (Wildman–Crippen LogP) is 4.52. The Bertz CT molecular complexity index is 955. The third kappa shape index (κ3) is 5.54. The smallest absolute Gasteiger partial charge is 0.274 e. The molecular formula is C23H26N4O2. The number of anilines is 2. The summed E-state index contributed by atoms with van der Waals surface area (Å²) in [5, 5.41) is 6.04. The number of nitrogens with zero attached hydrogens (tertiary/aromatic N) is 2. The standard InChI is InChI=1S/C23H26N4O2/c1-16(2)17-8-10-19(11-9-17)26-22(28)20-13-15-25-23(27-20)24-14-12-18-6-4-5-7-21(18)29-3/h4-11,13,15-16H,12,14H2,1-3H3,(H,26,28)(H,24,25,27). The third-order valence-corrected chi connectivity index (χ3v) is 4.59. The maximum absolute atomic E-state index is 12.5. The van der Waals surface area contributed by atoms with E-state index in [1.165, 1.54) is 5.56 Å². The number of benzene rings is 2. The van der Waals surface area contributed by atoms with Crippen LogP contribution in [-0.2, 0) is 6.42 Å². The van der Waals surface area contributed by atoms with Crippen molar-refractivity contribution in [2.24, 2.45) is 0 Å². The van der Waals surface area contributed by atoms with Gasteiger partial charge in [-0.25, -0.2) is 9.97 Å². The number of hydrogen-bond acceptors (Lipinski definition) is 5. The monoisotopic (exact) mass is 390 g/mol. The fraction of sp³-hybridized carbons (Fsp3) is 0.261. The van der Waals surface area contributed by atoms with E-state index in [1.807, 2.05) is 48.5 Å². The summed E-state index contributed by atoms with van der Waals surface area (Å²) in [6, 6.07) is 17.3. The molecule has 0 radical (unpaired) electrons. The molecule has 3 aromatic rings. The summed E-state index contributed by atoms with van der Waals surface area (Å²) in [6.07, 6.45) is 2.33. The highest BCUT2D eigenvalue weighted by atomic mass is 16.5. The van der Waals surface area contributed by atoms with E-state index in [1.54, 1.807) is 19.4 Å². The van der Waals surface area contributed by atoms with E-state index in [0.29, 0.717) is 24.1 Å². The maximum Gasteiger partial charge on any atom is 0.274 e. The number of carbonyl (C=O) groups is 1. The number of aromatic nitrogens is 2. The molecule has 0 aliphatic heterocycles. The number of ether oxygens (including phenoxy) is 1. The zero-order valence-electron chi connectivity index (χ0n) is 17.0. The van der Waals surface area contributed by atoms with Crippen molar-refractivity contribution < 1.29 is 9.53 Å². The zero-order chi connectivity index (χ0) is 20.6. The molecule has 150 valence electrons. The van der Waals surface area contributed by atoms with Crippen molar-refractivity contribution in [3.63, 3.8) is 0 Å². The fourth-order valence-corrected chi connectivity index (χ4v) is 2.94. The van der Waals surface area contributed by atoms with Crippen LogP contribution in [0.2, 0.25) is 0 Å². The van der Waals surface area contributed by atoms with Gasteiger partial charge < -0.3 is 15.4 Å². The lowest BCUT2D eigenvalue weighted by Crippen LogP contribution is -2.16. The molecule has 1 aromatic heterocycles. The highest BCUT2D eigenvalue weighted by Crippen LogP contribution is 2.19. The fourth-order valence-electron chi connectivity index (χ4n) is 2.94. The highest BCUT2D eigenvalue weighted by molar-refractivity contribution is 6.02. The molecule has 2 N–H and O–H groups in total. The minimum Gasteiger partial charge on any atom is -0.496 e. The highest BCUT2D eigenvalue weighted by Gasteiger charge is 2.10. The van der Waals surface area contributed by atoms with Gasteiger partial charge in [0, 0.05) is 18.4 Å². The number of para-hydroxylation sites is 1. The summed E-state index contributed by atoms with van der Waals surface area (Å²) in [7, 11) is 1.66. The Kier molecular flexibility index (Phi) is 6.79. The van der Waals surface area contributed by atoms with Crippen molar-refractivity contribution in [3.8, 4) is 5.75 Å². The van der Waals surface area contributed by atoms with Gasteiger partial charge in [-0.15, -0.1) is 0 Å². The summed E-state index contributed by atoms with van der Waals surface area (Å²) in [5.74, 6) is 1.46. The van der Waals surface area contributed by atoms with Crippen LogP contribution >= 0.6 is 0 Å². The molecule has 0 unspecified atom stereocenters. The first kappa shape index (κ1) is 20.3. The van der Waals surface area contributed by atoms with Crippen LogP contribution in [0.3, 0.4) is 0 Å². The molecule has 0 fully saturated rings. The second-order valence-electron chi connectivity index (χ2n) is 6.98. The Labute approximate surface area is 171 Å². The first-order valence-corrected chi connectivity index (χ1v) is 9.67. The van der Waals surface area contributed by atoms with Gasteiger partial charge in [0.05, 0.1) is 7.11 Å². The normalized spacial score (nSPS) is 10.6. The Hall–Kier alpha value is -3.41. The van der Waals surface area contributed by atoms with E-state index in [4.69, 9.17) is 4.74 Å². The van der Waals surface area contributed by atoms with Crippen molar-refractivity contribution >= 4 is 17.5 Å². The lowest BCUT2D eigenvalue weighted by atomic mass is 10.0. The minimum absolute atomic E-state index is 0.266. The van der Waals surface area contributed by atoms with Crippen molar-refractivity contribution in [2.45, 2.75) is 26.2 Å². The first-order chi connectivity index (χ1) is 14.1. The maximum atomic E-state index is 12.5. The van der Waals surface area contributed by atoms with Gasteiger partial charge in [0.15, 0.2) is 0 Å². The molecule has 0 bridgehead atoms. The van der Waals surface area contributed by atoms with Crippen LogP contribution in [0.15, 0.2) is 60.8 Å². The van der Waals surface area contributed by atoms with Crippen LogP contribution < -0.4 is 15.4 Å². The van der Waals surface area contributed by atoms with Gasteiger partial charge in [-0.1, -0.05) is 44.2 Å². The molecule has 0 spiro atoms. The number of rotatable bonds is 8. The molecular weight excluding hydrogens is 364 g/mol. The second-order valence-corrected chi connectivity index (χ2v) is 6.98. The summed E-state index contributed by atoms with van der Waals surface area (Å²) < 4.78 is 5.36. The lowest BCUT2D eigenvalue weighted by molar-refractivity contribution is 0.102. The lowest BCUT2D eigenvalue weighted by Gasteiger charge is -2.10. The summed E-state index contributed by atoms with van der Waals surface area (Å²) in [5.41, 5.74) is 3.38. The quantitative estimate of drug-likeness (QED) is 0.592. The van der Waals surface area contributed by atoms with E-state index in [-0.39, 0.29) is 5.91 Å². The number of nitrogens with one attached hydrogen (secondary N) is 2. The molecule has 29 heavy (non-hydrogen) atoms. The number of methoxy groups -OCH3 is 1. The van der Waals surface area contributed by atoms with Gasteiger partial charge in [0.25, 0.3) is 5.91 Å². The van der Waals surface area contributed by atoms with E-state index in [9.17, 15) is 4.79 Å².